The highest BCUT2D eigenvalue weighted by molar-refractivity contribution is 7.89. The molecule has 9 heteroatoms. The van der Waals surface area contributed by atoms with Crippen molar-refractivity contribution in [1.29, 1.82) is 0 Å². The van der Waals surface area contributed by atoms with E-state index in [1.807, 2.05) is 6.92 Å². The third kappa shape index (κ3) is 3.54. The molecule has 0 saturated heterocycles. The molecule has 0 fully saturated rings. The number of aromatic nitrogens is 4. The highest BCUT2D eigenvalue weighted by Gasteiger charge is 2.22. The summed E-state index contributed by atoms with van der Waals surface area (Å²) in [6, 6.07) is 3.26. The highest BCUT2D eigenvalue weighted by atomic mass is 32.2. The van der Waals surface area contributed by atoms with Crippen molar-refractivity contribution in [3.63, 3.8) is 0 Å². The second kappa shape index (κ2) is 6.65. The Labute approximate surface area is 151 Å². The number of sulfonamides is 1. The quantitative estimate of drug-likeness (QED) is 0.740. The van der Waals surface area contributed by atoms with Gasteiger partial charge in [0.2, 0.25) is 10.0 Å². The Morgan fingerprint density at radius 2 is 1.96 bits per heavy atom. The minimum Gasteiger partial charge on any atom is -0.275 e. The third-order valence-corrected chi connectivity index (χ3v) is 5.58. The standard InChI is InChI=1S/C17H20FN5O2S/c1-11-8-19-23(9-11)17-6-5-14(7-16(17)18)26(24,25)21-13(3)15-10-22(4)20-12(15)2/h5-10,13,21H,1-4H3/t13-/m1/s1. The molecule has 3 aromatic rings. The van der Waals surface area contributed by atoms with E-state index < -0.39 is 21.9 Å². The molecule has 2 heterocycles. The molecule has 0 spiro atoms. The molecule has 1 N–H and O–H groups in total. The molecular formula is C17H20FN5O2S. The summed E-state index contributed by atoms with van der Waals surface area (Å²) >= 11 is 0. The van der Waals surface area contributed by atoms with Gasteiger partial charge in [-0.1, -0.05) is 0 Å². The van der Waals surface area contributed by atoms with E-state index in [1.54, 1.807) is 44.2 Å². The van der Waals surface area contributed by atoms with Gasteiger partial charge in [0, 0.05) is 31.0 Å². The van der Waals surface area contributed by atoms with E-state index in [0.717, 1.165) is 22.9 Å². The predicted octanol–water partition coefficient (Wildman–Crippen LogP) is 2.40. The third-order valence-electron chi connectivity index (χ3n) is 4.04. The van der Waals surface area contributed by atoms with Crippen molar-refractivity contribution in [2.24, 2.45) is 7.05 Å². The molecule has 26 heavy (non-hydrogen) atoms. The zero-order valence-electron chi connectivity index (χ0n) is 14.9. The number of rotatable bonds is 5. The Bertz CT molecular complexity index is 1060. The Morgan fingerprint density at radius 3 is 2.50 bits per heavy atom. The molecule has 2 aromatic heterocycles. The first-order valence-corrected chi connectivity index (χ1v) is 9.49. The van der Waals surface area contributed by atoms with E-state index in [0.29, 0.717) is 0 Å². The number of nitrogens with one attached hydrogen (secondary N) is 1. The molecule has 3 rings (SSSR count). The number of aryl methyl sites for hydroxylation is 3. The lowest BCUT2D eigenvalue weighted by molar-refractivity contribution is 0.562. The average Bonchev–Trinajstić information content (AvgIpc) is 3.12. The van der Waals surface area contributed by atoms with E-state index in [2.05, 4.69) is 14.9 Å². The zero-order valence-corrected chi connectivity index (χ0v) is 15.7. The molecule has 0 aliphatic rings. The van der Waals surface area contributed by atoms with Gasteiger partial charge < -0.3 is 0 Å². The summed E-state index contributed by atoms with van der Waals surface area (Å²) in [4.78, 5) is -0.143. The van der Waals surface area contributed by atoms with Gasteiger partial charge in [0.25, 0.3) is 0 Å². The van der Waals surface area contributed by atoms with Crippen LogP contribution in [-0.2, 0) is 17.1 Å². The number of nitrogens with zero attached hydrogens (tertiary/aromatic N) is 4. The van der Waals surface area contributed by atoms with Crippen LogP contribution in [0, 0.1) is 19.7 Å². The molecule has 1 atom stereocenters. The number of hydrogen-bond donors (Lipinski definition) is 1. The van der Waals surface area contributed by atoms with Gasteiger partial charge in [-0.05, 0) is 44.5 Å². The topological polar surface area (TPSA) is 81.8 Å². The van der Waals surface area contributed by atoms with Crippen LogP contribution < -0.4 is 4.72 Å². The van der Waals surface area contributed by atoms with Crippen LogP contribution in [-0.4, -0.2) is 28.0 Å². The first kappa shape index (κ1) is 18.3. The maximum absolute atomic E-state index is 14.4. The van der Waals surface area contributed by atoms with Crippen LogP contribution in [0.4, 0.5) is 4.39 Å². The summed E-state index contributed by atoms with van der Waals surface area (Å²) < 4.78 is 45.2. The van der Waals surface area contributed by atoms with Crippen LogP contribution in [0.3, 0.4) is 0 Å². The zero-order chi connectivity index (χ0) is 19.1. The maximum atomic E-state index is 14.4. The molecular weight excluding hydrogens is 357 g/mol. The van der Waals surface area contributed by atoms with Gasteiger partial charge in [-0.25, -0.2) is 22.2 Å². The molecule has 0 aliphatic heterocycles. The molecule has 0 aliphatic carbocycles. The predicted molar refractivity (Wildman–Crippen MR) is 94.9 cm³/mol. The van der Waals surface area contributed by atoms with Gasteiger partial charge in [-0.15, -0.1) is 0 Å². The van der Waals surface area contributed by atoms with Gasteiger partial charge in [0.1, 0.15) is 11.5 Å². The van der Waals surface area contributed by atoms with Crippen molar-refractivity contribution in [3.8, 4) is 5.69 Å². The Hall–Kier alpha value is -2.52. The molecule has 7 nitrogen and oxygen atoms in total. The van der Waals surface area contributed by atoms with Crippen LogP contribution in [0.1, 0.15) is 29.8 Å². The maximum Gasteiger partial charge on any atom is 0.241 e. The summed E-state index contributed by atoms with van der Waals surface area (Å²) in [6.07, 6.45) is 5.02. The largest absolute Gasteiger partial charge is 0.275 e. The van der Waals surface area contributed by atoms with E-state index >= 15 is 0 Å². The Balaban J connectivity index is 1.87. The SMILES string of the molecule is Cc1cnn(-c2ccc(S(=O)(=O)N[C@H](C)c3cn(C)nc3C)cc2F)c1. The second-order valence-corrected chi connectivity index (χ2v) is 7.98. The normalized spacial score (nSPS) is 13.1. The minimum absolute atomic E-state index is 0.143. The molecule has 0 amide bonds. The summed E-state index contributed by atoms with van der Waals surface area (Å²) in [6.45, 7) is 5.37. The number of halogens is 1. The first-order chi connectivity index (χ1) is 12.2. The van der Waals surface area contributed by atoms with E-state index in [1.165, 1.54) is 16.8 Å². The summed E-state index contributed by atoms with van der Waals surface area (Å²) in [5.74, 6) is -0.666. The van der Waals surface area contributed by atoms with Crippen molar-refractivity contribution in [3.05, 3.63) is 59.4 Å². The van der Waals surface area contributed by atoms with Crippen LogP contribution in [0.15, 0.2) is 41.7 Å². The van der Waals surface area contributed by atoms with Gasteiger partial charge in [0.15, 0.2) is 0 Å². The van der Waals surface area contributed by atoms with E-state index in [-0.39, 0.29) is 10.6 Å². The highest BCUT2D eigenvalue weighted by Crippen LogP contribution is 2.22. The lowest BCUT2D eigenvalue weighted by Gasteiger charge is -2.14. The van der Waals surface area contributed by atoms with Crippen LogP contribution in [0.25, 0.3) is 5.69 Å². The molecule has 0 saturated carbocycles. The second-order valence-electron chi connectivity index (χ2n) is 6.26. The smallest absolute Gasteiger partial charge is 0.241 e. The van der Waals surface area contributed by atoms with Crippen molar-refractivity contribution in [1.82, 2.24) is 24.3 Å². The fourth-order valence-electron chi connectivity index (χ4n) is 2.79. The molecule has 138 valence electrons. The molecule has 0 radical (unpaired) electrons. The van der Waals surface area contributed by atoms with Gasteiger partial charge in [-0.2, -0.15) is 10.2 Å². The first-order valence-electron chi connectivity index (χ1n) is 8.01. The number of benzene rings is 1. The molecule has 0 unspecified atom stereocenters. The summed E-state index contributed by atoms with van der Waals surface area (Å²) in [5, 5.41) is 8.25. The summed E-state index contributed by atoms with van der Waals surface area (Å²) in [7, 11) is -2.12. The number of hydrogen-bond acceptors (Lipinski definition) is 4. The lowest BCUT2D eigenvalue weighted by atomic mass is 10.1. The van der Waals surface area contributed by atoms with Crippen LogP contribution in [0.5, 0.6) is 0 Å². The Kier molecular flexibility index (Phi) is 4.68. The van der Waals surface area contributed by atoms with Crippen molar-refractivity contribution in [2.45, 2.75) is 31.7 Å². The van der Waals surface area contributed by atoms with E-state index in [4.69, 9.17) is 0 Å². The van der Waals surface area contributed by atoms with Gasteiger partial charge in [0.05, 0.1) is 16.8 Å². The van der Waals surface area contributed by atoms with Crippen molar-refractivity contribution in [2.75, 3.05) is 0 Å². The Morgan fingerprint density at radius 1 is 1.23 bits per heavy atom. The van der Waals surface area contributed by atoms with Crippen molar-refractivity contribution >= 4 is 10.0 Å². The summed E-state index contributed by atoms with van der Waals surface area (Å²) in [5.41, 5.74) is 2.56. The van der Waals surface area contributed by atoms with Crippen LogP contribution >= 0.6 is 0 Å². The fraction of sp³-hybridized carbons (Fsp3) is 0.294. The van der Waals surface area contributed by atoms with Crippen molar-refractivity contribution < 1.29 is 12.8 Å². The minimum atomic E-state index is -3.89. The molecule has 1 aromatic carbocycles. The van der Waals surface area contributed by atoms with Crippen LogP contribution in [0.2, 0.25) is 0 Å². The average molecular weight is 377 g/mol. The fourth-order valence-corrected chi connectivity index (χ4v) is 4.03. The lowest BCUT2D eigenvalue weighted by Crippen LogP contribution is -2.27. The van der Waals surface area contributed by atoms with Gasteiger partial charge >= 0.3 is 0 Å². The molecule has 0 bridgehead atoms. The van der Waals surface area contributed by atoms with Gasteiger partial charge in [-0.3, -0.25) is 4.68 Å². The monoisotopic (exact) mass is 377 g/mol. The van der Waals surface area contributed by atoms with E-state index in [9.17, 15) is 12.8 Å².